The predicted molar refractivity (Wildman–Crippen MR) is 70.5 cm³/mol. The average Bonchev–Trinajstić information content (AvgIpc) is 3.09. The summed E-state index contributed by atoms with van der Waals surface area (Å²) < 4.78 is 13.7. The van der Waals surface area contributed by atoms with Crippen molar-refractivity contribution in [2.75, 3.05) is 26.2 Å². The average molecular weight is 261 g/mol. The summed E-state index contributed by atoms with van der Waals surface area (Å²) in [5, 5.41) is 0. The summed E-state index contributed by atoms with van der Waals surface area (Å²) in [7, 11) is 0. The van der Waals surface area contributed by atoms with Crippen LogP contribution < -0.4 is 0 Å². The van der Waals surface area contributed by atoms with E-state index in [0.717, 1.165) is 25.9 Å². The van der Waals surface area contributed by atoms with E-state index < -0.39 is 5.82 Å². The van der Waals surface area contributed by atoms with Crippen molar-refractivity contribution < 1.29 is 9.18 Å². The molecule has 3 rings (SSSR count). The molecular formula is C14H16FN3O. The first-order valence-corrected chi connectivity index (χ1v) is 6.63. The van der Waals surface area contributed by atoms with Gasteiger partial charge < -0.3 is 4.90 Å². The molecule has 1 aromatic carbocycles. The Bertz CT molecular complexity index is 523. The molecule has 0 aliphatic carbocycles. The molecule has 5 heteroatoms. The van der Waals surface area contributed by atoms with E-state index in [2.05, 4.69) is 9.89 Å². The number of nitrogens with zero attached hydrogens (tertiary/aromatic N) is 3. The standard InChI is InChI=1S/C14H16FN3O/c15-12-6-2-1-5-11(12)13(19)18-10-7-16-14(18)17-8-3-4-9-17/h1-2,5-6H,3-4,7-10H2. The highest BCUT2D eigenvalue weighted by Gasteiger charge is 2.31. The van der Waals surface area contributed by atoms with Gasteiger partial charge in [0.1, 0.15) is 5.82 Å². The third kappa shape index (κ3) is 2.20. The van der Waals surface area contributed by atoms with Crippen molar-refractivity contribution in [1.29, 1.82) is 0 Å². The maximum absolute atomic E-state index is 13.7. The fourth-order valence-electron chi connectivity index (χ4n) is 2.60. The zero-order chi connectivity index (χ0) is 13.2. The Morgan fingerprint density at radius 3 is 2.63 bits per heavy atom. The molecule has 0 spiro atoms. The van der Waals surface area contributed by atoms with Crippen molar-refractivity contribution in [2.24, 2.45) is 4.99 Å². The van der Waals surface area contributed by atoms with Gasteiger partial charge in [0.05, 0.1) is 12.1 Å². The van der Waals surface area contributed by atoms with Gasteiger partial charge in [-0.15, -0.1) is 0 Å². The number of likely N-dealkylation sites (tertiary alicyclic amines) is 1. The number of aliphatic imine (C=N–C) groups is 1. The number of carbonyl (C=O) groups is 1. The molecule has 0 aromatic heterocycles. The lowest BCUT2D eigenvalue weighted by molar-refractivity contribution is 0.0841. The number of halogens is 1. The van der Waals surface area contributed by atoms with Crippen LogP contribution in [0.1, 0.15) is 23.2 Å². The van der Waals surface area contributed by atoms with E-state index in [0.29, 0.717) is 19.0 Å². The summed E-state index contributed by atoms with van der Waals surface area (Å²) in [4.78, 5) is 20.5. The van der Waals surface area contributed by atoms with Crippen LogP contribution in [0.15, 0.2) is 29.3 Å². The molecule has 2 aliphatic rings. The van der Waals surface area contributed by atoms with Crippen LogP contribution in [-0.4, -0.2) is 47.8 Å². The first kappa shape index (κ1) is 12.1. The van der Waals surface area contributed by atoms with Gasteiger partial charge in [-0.1, -0.05) is 12.1 Å². The Morgan fingerprint density at radius 1 is 1.16 bits per heavy atom. The zero-order valence-corrected chi connectivity index (χ0v) is 10.7. The molecule has 0 N–H and O–H groups in total. The number of hydrogen-bond acceptors (Lipinski definition) is 3. The highest BCUT2D eigenvalue weighted by atomic mass is 19.1. The lowest BCUT2D eigenvalue weighted by Crippen LogP contribution is -2.44. The van der Waals surface area contributed by atoms with Crippen LogP contribution >= 0.6 is 0 Å². The monoisotopic (exact) mass is 261 g/mol. The molecule has 0 saturated carbocycles. The van der Waals surface area contributed by atoms with Crippen LogP contribution in [0.5, 0.6) is 0 Å². The molecule has 100 valence electrons. The van der Waals surface area contributed by atoms with Crippen molar-refractivity contribution in [2.45, 2.75) is 12.8 Å². The molecule has 4 nitrogen and oxygen atoms in total. The normalized spacial score (nSPS) is 18.9. The number of benzene rings is 1. The van der Waals surface area contributed by atoms with E-state index >= 15 is 0 Å². The van der Waals surface area contributed by atoms with E-state index in [9.17, 15) is 9.18 Å². The molecule has 0 radical (unpaired) electrons. The van der Waals surface area contributed by atoms with Crippen LogP contribution in [-0.2, 0) is 0 Å². The number of hydrogen-bond donors (Lipinski definition) is 0. The second-order valence-electron chi connectivity index (χ2n) is 4.81. The third-order valence-electron chi connectivity index (χ3n) is 3.56. The lowest BCUT2D eigenvalue weighted by atomic mass is 10.2. The SMILES string of the molecule is O=C(c1ccccc1F)N1CCN=C1N1CCCC1. The Kier molecular flexibility index (Phi) is 3.19. The maximum atomic E-state index is 13.7. The van der Waals surface area contributed by atoms with Crippen LogP contribution in [0.4, 0.5) is 4.39 Å². The second kappa shape index (κ2) is 4.99. The minimum Gasteiger partial charge on any atom is -0.342 e. The summed E-state index contributed by atoms with van der Waals surface area (Å²) >= 11 is 0. The van der Waals surface area contributed by atoms with E-state index in [1.807, 2.05) is 0 Å². The number of carbonyl (C=O) groups excluding carboxylic acids is 1. The number of amides is 1. The second-order valence-corrected chi connectivity index (χ2v) is 4.81. The Balaban J connectivity index is 1.84. The summed E-state index contributed by atoms with van der Waals surface area (Å²) in [6, 6.07) is 6.11. The van der Waals surface area contributed by atoms with E-state index in [4.69, 9.17) is 0 Å². The predicted octanol–water partition coefficient (Wildman–Crippen LogP) is 1.73. The number of guanidine groups is 1. The fourth-order valence-corrected chi connectivity index (χ4v) is 2.60. The Morgan fingerprint density at radius 2 is 1.89 bits per heavy atom. The van der Waals surface area contributed by atoms with Crippen LogP contribution in [0.25, 0.3) is 0 Å². The van der Waals surface area contributed by atoms with Gasteiger partial charge in [0.15, 0.2) is 0 Å². The van der Waals surface area contributed by atoms with Gasteiger partial charge in [0, 0.05) is 19.6 Å². The molecule has 1 fully saturated rings. The molecule has 0 bridgehead atoms. The molecule has 19 heavy (non-hydrogen) atoms. The molecule has 1 aromatic rings. The first-order valence-electron chi connectivity index (χ1n) is 6.63. The maximum Gasteiger partial charge on any atom is 0.263 e. The molecule has 2 heterocycles. The summed E-state index contributed by atoms with van der Waals surface area (Å²) in [5.74, 6) is -0.0489. The van der Waals surface area contributed by atoms with Gasteiger partial charge in [0.2, 0.25) is 5.96 Å². The lowest BCUT2D eigenvalue weighted by Gasteiger charge is -2.25. The van der Waals surface area contributed by atoms with Gasteiger partial charge in [-0.25, -0.2) is 4.39 Å². The van der Waals surface area contributed by atoms with E-state index in [1.165, 1.54) is 12.1 Å². The molecular weight excluding hydrogens is 245 g/mol. The highest BCUT2D eigenvalue weighted by Crippen LogP contribution is 2.18. The number of rotatable bonds is 1. The third-order valence-corrected chi connectivity index (χ3v) is 3.56. The quantitative estimate of drug-likeness (QED) is 0.772. The highest BCUT2D eigenvalue weighted by molar-refractivity contribution is 6.06. The molecule has 2 aliphatic heterocycles. The Labute approximate surface area is 111 Å². The zero-order valence-electron chi connectivity index (χ0n) is 10.7. The van der Waals surface area contributed by atoms with E-state index in [-0.39, 0.29) is 11.5 Å². The van der Waals surface area contributed by atoms with Crippen molar-refractivity contribution in [3.63, 3.8) is 0 Å². The summed E-state index contributed by atoms with van der Waals surface area (Å²) in [5.41, 5.74) is 0.122. The van der Waals surface area contributed by atoms with Gasteiger partial charge in [0.25, 0.3) is 5.91 Å². The molecule has 0 atom stereocenters. The van der Waals surface area contributed by atoms with Gasteiger partial charge in [-0.2, -0.15) is 0 Å². The summed E-state index contributed by atoms with van der Waals surface area (Å²) in [6.07, 6.45) is 2.25. The summed E-state index contributed by atoms with van der Waals surface area (Å²) in [6.45, 7) is 3.00. The van der Waals surface area contributed by atoms with Crippen molar-refractivity contribution >= 4 is 11.9 Å². The largest absolute Gasteiger partial charge is 0.342 e. The molecule has 0 unspecified atom stereocenters. The van der Waals surface area contributed by atoms with Gasteiger partial charge >= 0.3 is 0 Å². The minimum atomic E-state index is -0.472. The Hall–Kier alpha value is -1.91. The van der Waals surface area contributed by atoms with Crippen LogP contribution in [0.3, 0.4) is 0 Å². The van der Waals surface area contributed by atoms with Gasteiger partial charge in [-0.3, -0.25) is 14.7 Å². The molecule has 1 amide bonds. The van der Waals surface area contributed by atoms with Crippen LogP contribution in [0, 0.1) is 5.82 Å². The smallest absolute Gasteiger partial charge is 0.263 e. The first-order chi connectivity index (χ1) is 9.27. The van der Waals surface area contributed by atoms with Gasteiger partial charge in [-0.05, 0) is 25.0 Å². The van der Waals surface area contributed by atoms with Crippen molar-refractivity contribution in [3.05, 3.63) is 35.6 Å². The fraction of sp³-hybridized carbons (Fsp3) is 0.429. The van der Waals surface area contributed by atoms with Crippen LogP contribution in [0.2, 0.25) is 0 Å². The van der Waals surface area contributed by atoms with Crippen molar-refractivity contribution in [1.82, 2.24) is 9.80 Å². The van der Waals surface area contributed by atoms with Crippen molar-refractivity contribution in [3.8, 4) is 0 Å². The minimum absolute atomic E-state index is 0.122. The molecule has 1 saturated heterocycles. The topological polar surface area (TPSA) is 35.9 Å². The van der Waals surface area contributed by atoms with E-state index in [1.54, 1.807) is 17.0 Å².